The number of nitrogens with one attached hydrogen (secondary N) is 3. The lowest BCUT2D eigenvalue weighted by atomic mass is 9.97. The smallest absolute Gasteiger partial charge is 0.305 e. The van der Waals surface area contributed by atoms with E-state index in [1.54, 1.807) is 6.92 Å². The zero-order valence-corrected chi connectivity index (χ0v) is 19.0. The molecule has 3 amide bonds. The summed E-state index contributed by atoms with van der Waals surface area (Å²) in [5, 5.41) is 28.6. The minimum absolute atomic E-state index is 0.0779. The Hall–Kier alpha value is -3.19. The zero-order valence-electron chi connectivity index (χ0n) is 18.2. The lowest BCUT2D eigenvalue weighted by Crippen LogP contribution is -2.58. The van der Waals surface area contributed by atoms with Gasteiger partial charge in [0.25, 0.3) is 5.69 Å². The number of benzene rings is 1. The van der Waals surface area contributed by atoms with E-state index < -0.39 is 53.2 Å². The van der Waals surface area contributed by atoms with Gasteiger partial charge in [-0.25, -0.2) is 0 Å². The molecular formula is C20H27N5O7S. The summed E-state index contributed by atoms with van der Waals surface area (Å²) in [5.74, 6) is -3.65. The lowest BCUT2D eigenvalue weighted by molar-refractivity contribution is -0.385. The van der Waals surface area contributed by atoms with E-state index in [1.165, 1.54) is 30.0 Å². The fourth-order valence-corrected chi connectivity index (χ4v) is 4.23. The van der Waals surface area contributed by atoms with Crippen molar-refractivity contribution >= 4 is 41.1 Å². The molecule has 33 heavy (non-hydrogen) atoms. The number of primary amides is 1. The van der Waals surface area contributed by atoms with E-state index in [4.69, 9.17) is 5.73 Å². The van der Waals surface area contributed by atoms with Crippen LogP contribution in [0.1, 0.15) is 32.3 Å². The molecule has 1 aliphatic heterocycles. The summed E-state index contributed by atoms with van der Waals surface area (Å²) < 4.78 is 0. The maximum absolute atomic E-state index is 12.9. The summed E-state index contributed by atoms with van der Waals surface area (Å²) in [4.78, 5) is 60.5. The highest BCUT2D eigenvalue weighted by Crippen LogP contribution is 2.27. The fourth-order valence-electron chi connectivity index (χ4n) is 3.23. The van der Waals surface area contributed by atoms with Gasteiger partial charge in [0, 0.05) is 28.8 Å². The standard InChI is InChI=1S/C20H27N5O7S/c1-3-10(2)17-20(30)23-14(18(21)28)9-33-12-4-5-15(25(31)32)11(6-12)8-22-13(7-16(26)27)19(29)24-17/h4-6,10,13-14,17,22H,3,7-9H2,1-2H3,(H2,21,28)(H,23,30)(H,24,29)(H,26,27)/t10?,13-,14?,17?/m0/s1. The van der Waals surface area contributed by atoms with Crippen LogP contribution < -0.4 is 21.7 Å². The number of carboxylic acid groups (broad SMARTS) is 1. The number of hydrogen-bond donors (Lipinski definition) is 5. The van der Waals surface area contributed by atoms with Crippen LogP contribution in [0.4, 0.5) is 5.69 Å². The number of carbonyl (C=O) groups excluding carboxylic acids is 3. The number of thioether (sulfide) groups is 1. The number of nitrogens with two attached hydrogens (primary N) is 1. The van der Waals surface area contributed by atoms with Crippen molar-refractivity contribution in [2.75, 3.05) is 5.75 Å². The highest BCUT2D eigenvalue weighted by atomic mass is 32.2. The van der Waals surface area contributed by atoms with Gasteiger partial charge in [0.1, 0.15) is 12.1 Å². The third-order valence-electron chi connectivity index (χ3n) is 5.35. The van der Waals surface area contributed by atoms with Crippen molar-refractivity contribution in [3.8, 4) is 0 Å². The van der Waals surface area contributed by atoms with Crippen molar-refractivity contribution in [1.29, 1.82) is 0 Å². The van der Waals surface area contributed by atoms with Crippen LogP contribution in [0.25, 0.3) is 0 Å². The molecule has 1 aliphatic rings. The lowest BCUT2D eigenvalue weighted by Gasteiger charge is -2.28. The highest BCUT2D eigenvalue weighted by molar-refractivity contribution is 7.99. The number of nitro benzene ring substituents is 1. The van der Waals surface area contributed by atoms with Gasteiger partial charge in [0.2, 0.25) is 17.7 Å². The minimum Gasteiger partial charge on any atom is -0.481 e. The molecule has 2 rings (SSSR count). The molecule has 0 spiro atoms. The van der Waals surface area contributed by atoms with Crippen molar-refractivity contribution in [3.63, 3.8) is 0 Å². The van der Waals surface area contributed by atoms with E-state index in [0.717, 1.165) is 0 Å². The topological polar surface area (TPSA) is 194 Å². The number of carbonyl (C=O) groups is 4. The van der Waals surface area contributed by atoms with E-state index >= 15 is 0 Å². The van der Waals surface area contributed by atoms with E-state index in [2.05, 4.69) is 16.0 Å². The molecule has 4 atom stereocenters. The summed E-state index contributed by atoms with van der Waals surface area (Å²) in [5.41, 5.74) is 5.48. The van der Waals surface area contributed by atoms with Gasteiger partial charge in [-0.1, -0.05) is 20.3 Å². The summed E-state index contributed by atoms with van der Waals surface area (Å²) in [6.45, 7) is 3.39. The third kappa shape index (κ3) is 7.15. The summed E-state index contributed by atoms with van der Waals surface area (Å²) in [7, 11) is 0. The monoisotopic (exact) mass is 481 g/mol. The molecule has 0 saturated heterocycles. The number of fused-ring (bicyclic) bond motifs is 2. The Labute approximate surface area is 194 Å². The molecule has 6 N–H and O–H groups in total. The molecule has 0 aliphatic carbocycles. The third-order valence-corrected chi connectivity index (χ3v) is 6.44. The van der Waals surface area contributed by atoms with Crippen molar-refractivity contribution in [1.82, 2.24) is 16.0 Å². The second-order valence-electron chi connectivity index (χ2n) is 7.73. The molecule has 2 bridgehead atoms. The first-order chi connectivity index (χ1) is 15.5. The Bertz CT molecular complexity index is 941. The number of carboxylic acids is 1. The van der Waals surface area contributed by atoms with Gasteiger partial charge in [0.15, 0.2) is 0 Å². The van der Waals surface area contributed by atoms with Crippen LogP contribution in [0.3, 0.4) is 0 Å². The van der Waals surface area contributed by atoms with E-state index in [0.29, 0.717) is 11.3 Å². The Balaban J connectivity index is 2.49. The Morgan fingerprint density at radius 3 is 2.58 bits per heavy atom. The molecular weight excluding hydrogens is 454 g/mol. The maximum atomic E-state index is 12.9. The second kappa shape index (κ2) is 11.6. The van der Waals surface area contributed by atoms with E-state index in [-0.39, 0.29) is 29.5 Å². The average molecular weight is 482 g/mol. The summed E-state index contributed by atoms with van der Waals surface area (Å²) in [6, 6.07) is 0.949. The number of nitro groups is 1. The second-order valence-corrected chi connectivity index (χ2v) is 8.82. The van der Waals surface area contributed by atoms with Crippen molar-refractivity contribution < 1.29 is 29.2 Å². The molecule has 1 aromatic rings. The van der Waals surface area contributed by atoms with Crippen LogP contribution in [0.2, 0.25) is 0 Å². The molecule has 0 aromatic heterocycles. The molecule has 1 heterocycles. The predicted molar refractivity (Wildman–Crippen MR) is 119 cm³/mol. The predicted octanol–water partition coefficient (Wildman–Crippen LogP) is 0.134. The van der Waals surface area contributed by atoms with Crippen LogP contribution in [0.5, 0.6) is 0 Å². The van der Waals surface area contributed by atoms with Gasteiger partial charge in [0.05, 0.1) is 17.4 Å². The fraction of sp³-hybridized carbons (Fsp3) is 0.500. The van der Waals surface area contributed by atoms with Crippen LogP contribution >= 0.6 is 11.8 Å². The maximum Gasteiger partial charge on any atom is 0.305 e. The number of amides is 3. The number of aliphatic carboxylic acids is 1. The quantitative estimate of drug-likeness (QED) is 0.277. The minimum atomic E-state index is -1.26. The van der Waals surface area contributed by atoms with Gasteiger partial charge in [-0.15, -0.1) is 11.8 Å². The first-order valence-electron chi connectivity index (χ1n) is 10.3. The normalized spacial score (nSPS) is 22.9. The Kier molecular flexibility index (Phi) is 9.17. The highest BCUT2D eigenvalue weighted by Gasteiger charge is 2.32. The molecule has 13 heteroatoms. The van der Waals surface area contributed by atoms with E-state index in [9.17, 15) is 34.4 Å². The SMILES string of the molecule is CCC(C)C1NC(=O)[C@H](CC(=O)O)NCc2cc(ccc2[N+](=O)[O-])SCC(C(N)=O)NC1=O. The van der Waals surface area contributed by atoms with Gasteiger partial charge >= 0.3 is 5.97 Å². The number of hydrogen-bond acceptors (Lipinski definition) is 8. The van der Waals surface area contributed by atoms with Gasteiger partial charge in [-0.05, 0) is 18.1 Å². The first kappa shape index (κ1) is 26.1. The van der Waals surface area contributed by atoms with Crippen LogP contribution in [-0.2, 0) is 25.7 Å². The largest absolute Gasteiger partial charge is 0.481 e. The molecule has 3 unspecified atom stereocenters. The van der Waals surface area contributed by atoms with Gasteiger partial charge in [-0.3, -0.25) is 29.3 Å². The Morgan fingerprint density at radius 1 is 1.30 bits per heavy atom. The molecule has 0 saturated carbocycles. The molecule has 1 aromatic carbocycles. The average Bonchev–Trinajstić information content (AvgIpc) is 2.75. The zero-order chi connectivity index (χ0) is 24.7. The molecule has 0 radical (unpaired) electrons. The summed E-state index contributed by atoms with van der Waals surface area (Å²) in [6.07, 6.45) is -0.0883. The Morgan fingerprint density at radius 2 is 2.00 bits per heavy atom. The summed E-state index contributed by atoms with van der Waals surface area (Å²) >= 11 is 1.18. The molecule has 0 fully saturated rings. The van der Waals surface area contributed by atoms with Crippen LogP contribution in [-0.4, -0.2) is 57.6 Å². The van der Waals surface area contributed by atoms with Crippen LogP contribution in [0, 0.1) is 16.0 Å². The van der Waals surface area contributed by atoms with Crippen molar-refractivity contribution in [3.05, 3.63) is 33.9 Å². The number of rotatable bonds is 6. The van der Waals surface area contributed by atoms with Crippen LogP contribution in [0.15, 0.2) is 23.1 Å². The number of nitrogens with zero attached hydrogens (tertiary/aromatic N) is 1. The van der Waals surface area contributed by atoms with Gasteiger partial charge < -0.3 is 26.8 Å². The van der Waals surface area contributed by atoms with Crippen molar-refractivity contribution in [2.24, 2.45) is 11.7 Å². The van der Waals surface area contributed by atoms with E-state index in [1.807, 2.05) is 6.92 Å². The molecule has 12 nitrogen and oxygen atoms in total. The molecule has 180 valence electrons. The first-order valence-corrected chi connectivity index (χ1v) is 11.3. The van der Waals surface area contributed by atoms with Crippen molar-refractivity contribution in [2.45, 2.75) is 56.3 Å². The van der Waals surface area contributed by atoms with Gasteiger partial charge in [-0.2, -0.15) is 0 Å².